The van der Waals surface area contributed by atoms with E-state index in [2.05, 4.69) is 15.5 Å². The Morgan fingerprint density at radius 3 is 1.80 bits per heavy atom. The third-order valence-corrected chi connectivity index (χ3v) is 4.03. The van der Waals surface area contributed by atoms with Gasteiger partial charge in [0.1, 0.15) is 5.82 Å². The summed E-state index contributed by atoms with van der Waals surface area (Å²) in [5.41, 5.74) is 6.83. The minimum atomic E-state index is -4.40. The average molecular weight is 339 g/mol. The molecule has 0 fully saturated rings. The first-order valence-electron chi connectivity index (χ1n) is 7.60. The number of benzene rings is 2. The topological polar surface area (TPSA) is 37.3 Å². The van der Waals surface area contributed by atoms with Crippen LogP contribution < -0.4 is 5.43 Å². The Bertz CT molecular complexity index is 913. The van der Waals surface area contributed by atoms with Crippen LogP contribution in [0.3, 0.4) is 0 Å². The Balaban J connectivity index is 1.68. The number of aromatic nitrogens is 1. The van der Waals surface area contributed by atoms with Crippen molar-refractivity contribution in [3.8, 4) is 11.1 Å². The van der Waals surface area contributed by atoms with Gasteiger partial charge in [-0.15, -0.1) is 0 Å². The summed E-state index contributed by atoms with van der Waals surface area (Å²) in [5, 5.41) is 4.39. The van der Waals surface area contributed by atoms with Gasteiger partial charge in [0.05, 0.1) is 11.3 Å². The Labute approximate surface area is 141 Å². The van der Waals surface area contributed by atoms with Crippen molar-refractivity contribution in [1.29, 1.82) is 0 Å². The molecule has 1 aliphatic rings. The fourth-order valence-electron chi connectivity index (χ4n) is 2.86. The van der Waals surface area contributed by atoms with Crippen molar-refractivity contribution in [3.63, 3.8) is 0 Å². The zero-order valence-corrected chi connectivity index (χ0v) is 12.9. The van der Waals surface area contributed by atoms with Crippen LogP contribution in [0.4, 0.5) is 19.0 Å². The highest BCUT2D eigenvalue weighted by Crippen LogP contribution is 2.36. The number of pyridine rings is 1. The Morgan fingerprint density at radius 2 is 1.32 bits per heavy atom. The minimum Gasteiger partial charge on any atom is -0.261 e. The molecule has 3 aromatic rings. The van der Waals surface area contributed by atoms with Gasteiger partial charge < -0.3 is 0 Å². The number of nitrogens with zero attached hydrogens (tertiary/aromatic N) is 2. The largest absolute Gasteiger partial charge is 0.417 e. The number of hydrazone groups is 1. The van der Waals surface area contributed by atoms with E-state index >= 15 is 0 Å². The highest BCUT2D eigenvalue weighted by Gasteiger charge is 2.30. The first-order valence-corrected chi connectivity index (χ1v) is 7.60. The lowest BCUT2D eigenvalue weighted by atomic mass is 10.1. The van der Waals surface area contributed by atoms with Crippen LogP contribution in [0.15, 0.2) is 72.0 Å². The number of hydrogen-bond acceptors (Lipinski definition) is 3. The molecule has 0 unspecified atom stereocenters. The number of hydrogen-bond donors (Lipinski definition) is 1. The Kier molecular flexibility index (Phi) is 3.53. The van der Waals surface area contributed by atoms with Crippen LogP contribution in [0.1, 0.15) is 16.7 Å². The summed E-state index contributed by atoms with van der Waals surface area (Å²) < 4.78 is 37.8. The molecule has 3 nitrogen and oxygen atoms in total. The number of rotatable bonds is 2. The summed E-state index contributed by atoms with van der Waals surface area (Å²) in [7, 11) is 0. The molecule has 0 atom stereocenters. The van der Waals surface area contributed by atoms with Crippen LogP contribution in [0.2, 0.25) is 0 Å². The number of fused-ring (bicyclic) bond motifs is 3. The minimum absolute atomic E-state index is 0.252. The van der Waals surface area contributed by atoms with E-state index in [9.17, 15) is 13.2 Å². The summed E-state index contributed by atoms with van der Waals surface area (Å²) in [5.74, 6) is 0.252. The molecule has 0 radical (unpaired) electrons. The molecule has 0 bridgehead atoms. The molecular formula is C19H12F3N3. The second-order valence-electron chi connectivity index (χ2n) is 5.59. The van der Waals surface area contributed by atoms with E-state index in [1.807, 2.05) is 48.5 Å². The molecule has 6 heteroatoms. The van der Waals surface area contributed by atoms with Crippen molar-refractivity contribution < 1.29 is 13.2 Å². The number of halogens is 3. The maximum atomic E-state index is 12.6. The second-order valence-corrected chi connectivity index (χ2v) is 5.59. The molecule has 124 valence electrons. The third kappa shape index (κ3) is 2.76. The van der Waals surface area contributed by atoms with Gasteiger partial charge in [-0.1, -0.05) is 48.5 Å². The van der Waals surface area contributed by atoms with Gasteiger partial charge in [-0.3, -0.25) is 5.43 Å². The summed E-state index contributed by atoms with van der Waals surface area (Å²) in [4.78, 5) is 3.78. The molecule has 1 aromatic heterocycles. The zero-order valence-electron chi connectivity index (χ0n) is 12.9. The molecule has 1 aliphatic carbocycles. The Hall–Kier alpha value is -3.15. The first-order chi connectivity index (χ1) is 12.0. The monoisotopic (exact) mass is 339 g/mol. The van der Waals surface area contributed by atoms with Crippen LogP contribution in [-0.4, -0.2) is 10.7 Å². The van der Waals surface area contributed by atoms with E-state index < -0.39 is 11.7 Å². The predicted molar refractivity (Wildman–Crippen MR) is 90.4 cm³/mol. The molecular weight excluding hydrogens is 327 g/mol. The SMILES string of the molecule is FC(F)(F)c1ccc(NN=C2c3ccccc3-c3ccccc32)nc1. The van der Waals surface area contributed by atoms with Gasteiger partial charge in [-0.2, -0.15) is 18.3 Å². The number of alkyl halides is 3. The molecule has 0 saturated carbocycles. The molecule has 2 aromatic carbocycles. The van der Waals surface area contributed by atoms with Gasteiger partial charge in [0, 0.05) is 17.3 Å². The average Bonchev–Trinajstić information content (AvgIpc) is 2.94. The summed E-state index contributed by atoms with van der Waals surface area (Å²) in [6, 6.07) is 18.0. The summed E-state index contributed by atoms with van der Waals surface area (Å²) in [6.07, 6.45) is -3.61. The number of nitrogens with one attached hydrogen (secondary N) is 1. The van der Waals surface area contributed by atoms with Crippen molar-refractivity contribution >= 4 is 11.5 Å². The highest BCUT2D eigenvalue weighted by molar-refractivity contribution is 6.24. The normalized spacial score (nSPS) is 12.5. The van der Waals surface area contributed by atoms with E-state index in [-0.39, 0.29) is 5.82 Å². The summed E-state index contributed by atoms with van der Waals surface area (Å²) in [6.45, 7) is 0. The van der Waals surface area contributed by atoms with Crippen LogP contribution in [0, 0.1) is 0 Å². The smallest absolute Gasteiger partial charge is 0.261 e. The molecule has 1 N–H and O–H groups in total. The molecule has 1 heterocycles. The first kappa shape index (κ1) is 15.4. The maximum Gasteiger partial charge on any atom is 0.417 e. The van der Waals surface area contributed by atoms with Crippen LogP contribution in [0.5, 0.6) is 0 Å². The zero-order chi connectivity index (χ0) is 17.4. The third-order valence-electron chi connectivity index (χ3n) is 4.03. The molecule has 0 aliphatic heterocycles. The molecule has 0 spiro atoms. The Morgan fingerprint density at radius 1 is 0.760 bits per heavy atom. The van der Waals surface area contributed by atoms with Crippen molar-refractivity contribution in [2.75, 3.05) is 5.43 Å². The van der Waals surface area contributed by atoms with E-state index in [4.69, 9.17) is 0 Å². The van der Waals surface area contributed by atoms with Crippen LogP contribution >= 0.6 is 0 Å². The van der Waals surface area contributed by atoms with Gasteiger partial charge in [0.2, 0.25) is 0 Å². The second kappa shape index (κ2) is 5.73. The maximum absolute atomic E-state index is 12.6. The molecule has 25 heavy (non-hydrogen) atoms. The van der Waals surface area contributed by atoms with Gasteiger partial charge in [-0.25, -0.2) is 4.98 Å². The lowest BCUT2D eigenvalue weighted by Gasteiger charge is -2.07. The van der Waals surface area contributed by atoms with Crippen molar-refractivity contribution in [2.24, 2.45) is 5.10 Å². The molecule has 4 rings (SSSR count). The van der Waals surface area contributed by atoms with Gasteiger partial charge in [0.15, 0.2) is 0 Å². The standard InChI is InChI=1S/C19H12F3N3/c20-19(21,22)12-9-10-17(23-11-12)24-25-18-15-7-3-1-5-13(15)14-6-2-4-8-16(14)18/h1-11H,(H,23,24). The van der Waals surface area contributed by atoms with E-state index in [0.29, 0.717) is 0 Å². The molecule has 0 saturated heterocycles. The predicted octanol–water partition coefficient (Wildman–Crippen LogP) is 4.95. The summed E-state index contributed by atoms with van der Waals surface area (Å²) >= 11 is 0. The quantitative estimate of drug-likeness (QED) is 0.525. The van der Waals surface area contributed by atoms with Crippen molar-refractivity contribution in [3.05, 3.63) is 83.6 Å². The van der Waals surface area contributed by atoms with Crippen molar-refractivity contribution in [1.82, 2.24) is 4.98 Å². The van der Waals surface area contributed by atoms with E-state index in [1.165, 1.54) is 6.07 Å². The van der Waals surface area contributed by atoms with Crippen LogP contribution in [0.25, 0.3) is 11.1 Å². The highest BCUT2D eigenvalue weighted by atomic mass is 19.4. The lowest BCUT2D eigenvalue weighted by Crippen LogP contribution is -2.07. The fourth-order valence-corrected chi connectivity index (χ4v) is 2.86. The van der Waals surface area contributed by atoms with Crippen LogP contribution in [-0.2, 0) is 6.18 Å². The lowest BCUT2D eigenvalue weighted by molar-refractivity contribution is -0.137. The van der Waals surface area contributed by atoms with Gasteiger partial charge in [0.25, 0.3) is 0 Å². The van der Waals surface area contributed by atoms with E-state index in [1.54, 1.807) is 0 Å². The van der Waals surface area contributed by atoms with Gasteiger partial charge in [-0.05, 0) is 23.3 Å². The van der Waals surface area contributed by atoms with Crippen molar-refractivity contribution in [2.45, 2.75) is 6.18 Å². The fraction of sp³-hybridized carbons (Fsp3) is 0.0526. The molecule has 0 amide bonds. The van der Waals surface area contributed by atoms with E-state index in [0.717, 1.165) is 40.2 Å². The van der Waals surface area contributed by atoms with Gasteiger partial charge >= 0.3 is 6.18 Å². The number of anilines is 1.